The number of non-ortho nitro benzene ring substituents is 1. The zero-order valence-corrected chi connectivity index (χ0v) is 11.7. The van der Waals surface area contributed by atoms with Crippen LogP contribution in [0.15, 0.2) is 53.1 Å². The summed E-state index contributed by atoms with van der Waals surface area (Å²) >= 11 is 3.37. The minimum Gasteiger partial charge on any atom is -0.258 e. The summed E-state index contributed by atoms with van der Waals surface area (Å²) in [6.07, 6.45) is 1.55. The van der Waals surface area contributed by atoms with Crippen LogP contribution in [-0.4, -0.2) is 14.9 Å². The molecule has 98 valence electrons. The summed E-state index contributed by atoms with van der Waals surface area (Å²) in [4.78, 5) is 19.1. The molecule has 0 N–H and O–H groups in total. The van der Waals surface area contributed by atoms with Crippen LogP contribution >= 0.6 is 15.9 Å². The standard InChI is InChI=1S/C14H8BrN3O2/c15-10-6-4-9(5-7-10)12-8-16-14-11(17-12)2-1-3-13(14)18(19)20/h1-8H. The number of nitro benzene ring substituents is 1. The lowest BCUT2D eigenvalue weighted by Crippen LogP contribution is -1.94. The summed E-state index contributed by atoms with van der Waals surface area (Å²) in [6, 6.07) is 12.4. The van der Waals surface area contributed by atoms with E-state index in [2.05, 4.69) is 25.9 Å². The molecule has 0 radical (unpaired) electrons. The van der Waals surface area contributed by atoms with E-state index in [1.54, 1.807) is 18.3 Å². The van der Waals surface area contributed by atoms with E-state index < -0.39 is 4.92 Å². The Hall–Kier alpha value is -2.34. The van der Waals surface area contributed by atoms with E-state index >= 15 is 0 Å². The molecular weight excluding hydrogens is 322 g/mol. The maximum absolute atomic E-state index is 10.9. The lowest BCUT2D eigenvalue weighted by molar-refractivity contribution is -0.383. The van der Waals surface area contributed by atoms with Crippen molar-refractivity contribution in [2.75, 3.05) is 0 Å². The first-order chi connectivity index (χ1) is 9.65. The van der Waals surface area contributed by atoms with Crippen molar-refractivity contribution in [2.24, 2.45) is 0 Å². The molecule has 3 rings (SSSR count). The SMILES string of the molecule is O=[N+]([O-])c1cccc2nc(-c3ccc(Br)cc3)cnc12. The van der Waals surface area contributed by atoms with Crippen LogP contribution in [0.1, 0.15) is 0 Å². The first-order valence-electron chi connectivity index (χ1n) is 5.81. The molecule has 0 saturated carbocycles. The van der Waals surface area contributed by atoms with Crippen molar-refractivity contribution in [1.29, 1.82) is 0 Å². The van der Waals surface area contributed by atoms with Crippen molar-refractivity contribution in [3.05, 3.63) is 63.2 Å². The quantitative estimate of drug-likeness (QED) is 0.527. The Morgan fingerprint density at radius 2 is 1.85 bits per heavy atom. The number of nitro groups is 1. The Labute approximate surface area is 122 Å². The van der Waals surface area contributed by atoms with Crippen molar-refractivity contribution in [1.82, 2.24) is 9.97 Å². The molecule has 6 heteroatoms. The predicted octanol–water partition coefficient (Wildman–Crippen LogP) is 3.97. The van der Waals surface area contributed by atoms with Crippen LogP contribution in [-0.2, 0) is 0 Å². The number of hydrogen-bond donors (Lipinski definition) is 0. The van der Waals surface area contributed by atoms with E-state index in [0.717, 1.165) is 10.0 Å². The third kappa shape index (κ3) is 2.25. The van der Waals surface area contributed by atoms with E-state index in [4.69, 9.17) is 0 Å². The number of rotatable bonds is 2. The molecule has 0 saturated heterocycles. The molecule has 0 atom stereocenters. The van der Waals surface area contributed by atoms with Crippen molar-refractivity contribution in [3.63, 3.8) is 0 Å². The topological polar surface area (TPSA) is 68.9 Å². The van der Waals surface area contributed by atoms with Gasteiger partial charge in [0.25, 0.3) is 5.69 Å². The highest BCUT2D eigenvalue weighted by molar-refractivity contribution is 9.10. The minimum absolute atomic E-state index is 0.0302. The molecule has 0 aliphatic heterocycles. The molecule has 0 spiro atoms. The highest BCUT2D eigenvalue weighted by Gasteiger charge is 2.13. The number of fused-ring (bicyclic) bond motifs is 1. The largest absolute Gasteiger partial charge is 0.297 e. The Kier molecular flexibility index (Phi) is 3.15. The summed E-state index contributed by atoms with van der Waals surface area (Å²) in [7, 11) is 0. The molecule has 0 bridgehead atoms. The average molecular weight is 330 g/mol. The lowest BCUT2D eigenvalue weighted by atomic mass is 10.1. The first-order valence-corrected chi connectivity index (χ1v) is 6.60. The molecule has 0 amide bonds. The molecule has 2 aromatic carbocycles. The highest BCUT2D eigenvalue weighted by atomic mass is 79.9. The fourth-order valence-corrected chi connectivity index (χ4v) is 2.20. The molecule has 20 heavy (non-hydrogen) atoms. The molecule has 0 aliphatic carbocycles. The predicted molar refractivity (Wildman–Crippen MR) is 79.3 cm³/mol. The third-order valence-electron chi connectivity index (χ3n) is 2.89. The maximum atomic E-state index is 10.9. The molecular formula is C14H8BrN3O2. The Balaban J connectivity index is 2.16. The fourth-order valence-electron chi connectivity index (χ4n) is 1.93. The summed E-state index contributed by atoms with van der Waals surface area (Å²) < 4.78 is 0.977. The number of nitrogens with zero attached hydrogens (tertiary/aromatic N) is 3. The summed E-state index contributed by atoms with van der Waals surface area (Å²) in [5.74, 6) is 0. The highest BCUT2D eigenvalue weighted by Crippen LogP contribution is 2.25. The van der Waals surface area contributed by atoms with Crippen LogP contribution in [0.25, 0.3) is 22.3 Å². The third-order valence-corrected chi connectivity index (χ3v) is 3.42. The minimum atomic E-state index is -0.448. The summed E-state index contributed by atoms with van der Waals surface area (Å²) in [6.45, 7) is 0. The van der Waals surface area contributed by atoms with Gasteiger partial charge in [0.2, 0.25) is 0 Å². The van der Waals surface area contributed by atoms with Crippen molar-refractivity contribution in [3.8, 4) is 11.3 Å². The zero-order chi connectivity index (χ0) is 14.1. The molecule has 0 aliphatic rings. The van der Waals surface area contributed by atoms with Gasteiger partial charge >= 0.3 is 0 Å². The average Bonchev–Trinajstić information content (AvgIpc) is 2.46. The van der Waals surface area contributed by atoms with Gasteiger partial charge in [0.15, 0.2) is 5.52 Å². The number of aromatic nitrogens is 2. The normalized spacial score (nSPS) is 10.7. The number of benzene rings is 2. The monoisotopic (exact) mass is 329 g/mol. The second-order valence-electron chi connectivity index (χ2n) is 4.16. The second-order valence-corrected chi connectivity index (χ2v) is 5.08. The Bertz CT molecular complexity index is 803. The second kappa shape index (κ2) is 4.97. The number of para-hydroxylation sites is 1. The molecule has 0 unspecified atom stereocenters. The van der Waals surface area contributed by atoms with Crippen molar-refractivity contribution in [2.45, 2.75) is 0 Å². The van der Waals surface area contributed by atoms with Crippen LogP contribution < -0.4 is 0 Å². The van der Waals surface area contributed by atoms with E-state index in [9.17, 15) is 10.1 Å². The van der Waals surface area contributed by atoms with E-state index in [0.29, 0.717) is 16.7 Å². The zero-order valence-electron chi connectivity index (χ0n) is 10.2. The van der Waals surface area contributed by atoms with Gasteiger partial charge < -0.3 is 0 Å². The molecule has 0 fully saturated rings. The van der Waals surface area contributed by atoms with Crippen LogP contribution in [0.5, 0.6) is 0 Å². The smallest absolute Gasteiger partial charge is 0.258 e. The Morgan fingerprint density at radius 1 is 1.10 bits per heavy atom. The van der Waals surface area contributed by atoms with Gasteiger partial charge in [-0.3, -0.25) is 10.1 Å². The van der Waals surface area contributed by atoms with E-state index in [1.807, 2.05) is 24.3 Å². The summed E-state index contributed by atoms with van der Waals surface area (Å²) in [5, 5.41) is 10.9. The van der Waals surface area contributed by atoms with Gasteiger partial charge in [0.1, 0.15) is 0 Å². The number of hydrogen-bond acceptors (Lipinski definition) is 4. The fraction of sp³-hybridized carbons (Fsp3) is 0. The van der Waals surface area contributed by atoms with E-state index in [1.165, 1.54) is 6.07 Å². The van der Waals surface area contributed by atoms with Gasteiger partial charge in [-0.2, -0.15) is 0 Å². The van der Waals surface area contributed by atoms with Crippen molar-refractivity contribution >= 4 is 32.7 Å². The number of halogens is 1. The molecule has 3 aromatic rings. The van der Waals surface area contributed by atoms with Gasteiger partial charge in [-0.05, 0) is 18.2 Å². The maximum Gasteiger partial charge on any atom is 0.297 e. The lowest BCUT2D eigenvalue weighted by Gasteiger charge is -2.03. The molecule has 1 aromatic heterocycles. The van der Waals surface area contributed by atoms with Crippen molar-refractivity contribution < 1.29 is 4.92 Å². The van der Waals surface area contributed by atoms with Gasteiger partial charge in [0.05, 0.1) is 22.3 Å². The molecule has 1 heterocycles. The van der Waals surface area contributed by atoms with Crippen LogP contribution in [0.2, 0.25) is 0 Å². The van der Waals surface area contributed by atoms with Gasteiger partial charge in [-0.1, -0.05) is 34.1 Å². The van der Waals surface area contributed by atoms with Crippen LogP contribution in [0, 0.1) is 10.1 Å². The van der Waals surface area contributed by atoms with E-state index in [-0.39, 0.29) is 5.69 Å². The van der Waals surface area contributed by atoms with Gasteiger partial charge in [-0.25, -0.2) is 9.97 Å². The van der Waals surface area contributed by atoms with Gasteiger partial charge in [-0.15, -0.1) is 0 Å². The first kappa shape index (κ1) is 12.7. The van der Waals surface area contributed by atoms with Gasteiger partial charge in [0, 0.05) is 16.1 Å². The summed E-state index contributed by atoms with van der Waals surface area (Å²) in [5.41, 5.74) is 2.38. The van der Waals surface area contributed by atoms with Crippen LogP contribution in [0.3, 0.4) is 0 Å². The van der Waals surface area contributed by atoms with Crippen LogP contribution in [0.4, 0.5) is 5.69 Å². The molecule has 5 nitrogen and oxygen atoms in total. The Morgan fingerprint density at radius 3 is 2.55 bits per heavy atom.